The van der Waals surface area contributed by atoms with Gasteiger partial charge in [-0.1, -0.05) is 26.8 Å². The molecule has 0 spiro atoms. The predicted octanol–water partition coefficient (Wildman–Crippen LogP) is 5.16. The highest BCUT2D eigenvalue weighted by atomic mass is 32.2. The molecule has 3 aromatic rings. The maximum Gasteiger partial charge on any atom is 0.243 e. The SMILES string of the molecule is CC1CCN(S(=O)(=O)c2ccc(NC(=O)Cc3coc4ccc(C(C)C)cc34)cc2)CC1. The van der Waals surface area contributed by atoms with E-state index in [1.54, 1.807) is 34.8 Å². The number of carbonyl (C=O) groups is 1. The predicted molar refractivity (Wildman–Crippen MR) is 126 cm³/mol. The van der Waals surface area contributed by atoms with Crippen molar-refractivity contribution in [3.63, 3.8) is 0 Å². The molecule has 0 unspecified atom stereocenters. The summed E-state index contributed by atoms with van der Waals surface area (Å²) in [6.07, 6.45) is 3.58. The molecule has 170 valence electrons. The van der Waals surface area contributed by atoms with Gasteiger partial charge in [0, 0.05) is 29.7 Å². The minimum atomic E-state index is -3.50. The van der Waals surface area contributed by atoms with Crippen LogP contribution in [0.15, 0.2) is 58.0 Å². The van der Waals surface area contributed by atoms with Gasteiger partial charge in [0.1, 0.15) is 5.58 Å². The highest BCUT2D eigenvalue weighted by Crippen LogP contribution is 2.27. The molecule has 1 aromatic heterocycles. The topological polar surface area (TPSA) is 79.6 Å². The Kier molecular flexibility index (Phi) is 6.40. The summed E-state index contributed by atoms with van der Waals surface area (Å²) in [6.45, 7) is 7.52. The molecule has 0 saturated carbocycles. The number of carbonyl (C=O) groups excluding carboxylic acids is 1. The average Bonchev–Trinajstić information content (AvgIpc) is 3.16. The summed E-state index contributed by atoms with van der Waals surface area (Å²) in [5.41, 5.74) is 3.36. The normalized spacial score (nSPS) is 16.0. The van der Waals surface area contributed by atoms with E-state index in [2.05, 4.69) is 32.2 Å². The van der Waals surface area contributed by atoms with Crippen molar-refractivity contribution in [1.82, 2.24) is 4.31 Å². The highest BCUT2D eigenvalue weighted by molar-refractivity contribution is 7.89. The van der Waals surface area contributed by atoms with Crippen LogP contribution in [-0.4, -0.2) is 31.7 Å². The van der Waals surface area contributed by atoms with Crippen LogP contribution < -0.4 is 5.32 Å². The number of hydrogen-bond acceptors (Lipinski definition) is 4. The molecular weight excluding hydrogens is 424 g/mol. The number of furan rings is 1. The van der Waals surface area contributed by atoms with E-state index in [1.165, 1.54) is 5.56 Å². The summed E-state index contributed by atoms with van der Waals surface area (Å²) >= 11 is 0. The number of fused-ring (bicyclic) bond motifs is 1. The summed E-state index contributed by atoms with van der Waals surface area (Å²) in [4.78, 5) is 12.9. The molecule has 4 rings (SSSR count). The lowest BCUT2D eigenvalue weighted by Gasteiger charge is -2.29. The molecule has 0 radical (unpaired) electrons. The van der Waals surface area contributed by atoms with E-state index in [1.807, 2.05) is 12.1 Å². The first-order chi connectivity index (χ1) is 15.2. The smallest absolute Gasteiger partial charge is 0.243 e. The minimum absolute atomic E-state index is 0.178. The van der Waals surface area contributed by atoms with Crippen molar-refractivity contribution in [2.24, 2.45) is 5.92 Å². The van der Waals surface area contributed by atoms with Crippen LogP contribution in [0.25, 0.3) is 11.0 Å². The van der Waals surface area contributed by atoms with Crippen LogP contribution in [-0.2, 0) is 21.2 Å². The van der Waals surface area contributed by atoms with E-state index in [0.29, 0.717) is 30.6 Å². The number of nitrogens with zero attached hydrogens (tertiary/aromatic N) is 1. The van der Waals surface area contributed by atoms with E-state index >= 15 is 0 Å². The Morgan fingerprint density at radius 1 is 1.12 bits per heavy atom. The number of sulfonamides is 1. The molecule has 32 heavy (non-hydrogen) atoms. The van der Waals surface area contributed by atoms with Gasteiger partial charge in [-0.2, -0.15) is 4.31 Å². The van der Waals surface area contributed by atoms with Crippen LogP contribution in [0.5, 0.6) is 0 Å². The van der Waals surface area contributed by atoms with Gasteiger partial charge in [0.25, 0.3) is 0 Å². The summed E-state index contributed by atoms with van der Waals surface area (Å²) < 4.78 is 32.9. The van der Waals surface area contributed by atoms with Crippen molar-refractivity contribution in [3.8, 4) is 0 Å². The van der Waals surface area contributed by atoms with Crippen LogP contribution in [0.1, 0.15) is 50.7 Å². The van der Waals surface area contributed by atoms with Gasteiger partial charge in [0.15, 0.2) is 0 Å². The third-order valence-corrected chi connectivity index (χ3v) is 8.13. The molecule has 1 aliphatic rings. The minimum Gasteiger partial charge on any atom is -0.464 e. The first kappa shape index (κ1) is 22.6. The quantitative estimate of drug-likeness (QED) is 0.558. The molecule has 1 saturated heterocycles. The first-order valence-corrected chi connectivity index (χ1v) is 12.6. The zero-order valence-electron chi connectivity index (χ0n) is 18.8. The molecule has 1 amide bonds. The maximum atomic E-state index is 12.9. The van der Waals surface area contributed by atoms with Gasteiger partial charge in [-0.3, -0.25) is 4.79 Å². The second kappa shape index (κ2) is 9.08. The number of anilines is 1. The largest absolute Gasteiger partial charge is 0.464 e. The first-order valence-electron chi connectivity index (χ1n) is 11.1. The molecule has 2 heterocycles. The Hall–Kier alpha value is -2.64. The second-order valence-electron chi connectivity index (χ2n) is 9.01. The molecule has 1 N–H and O–H groups in total. The third kappa shape index (κ3) is 4.74. The van der Waals surface area contributed by atoms with Gasteiger partial charge in [0.05, 0.1) is 17.6 Å². The Labute approximate surface area is 189 Å². The van der Waals surface area contributed by atoms with E-state index < -0.39 is 10.0 Å². The van der Waals surface area contributed by atoms with Crippen molar-refractivity contribution < 1.29 is 17.6 Å². The summed E-state index contributed by atoms with van der Waals surface area (Å²) in [5.74, 6) is 0.769. The molecule has 0 aliphatic carbocycles. The highest BCUT2D eigenvalue weighted by Gasteiger charge is 2.28. The lowest BCUT2D eigenvalue weighted by Crippen LogP contribution is -2.37. The van der Waals surface area contributed by atoms with Crippen LogP contribution >= 0.6 is 0 Å². The molecule has 2 aromatic carbocycles. The average molecular weight is 455 g/mol. The summed E-state index contributed by atoms with van der Waals surface area (Å²) in [7, 11) is -3.50. The van der Waals surface area contributed by atoms with Crippen LogP contribution in [0.3, 0.4) is 0 Å². The molecule has 0 atom stereocenters. The molecule has 0 bridgehead atoms. The van der Waals surface area contributed by atoms with Gasteiger partial charge in [0.2, 0.25) is 15.9 Å². The fourth-order valence-electron chi connectivity index (χ4n) is 4.06. The molecule has 1 aliphatic heterocycles. The fraction of sp³-hybridized carbons (Fsp3) is 0.400. The summed E-state index contributed by atoms with van der Waals surface area (Å²) in [6, 6.07) is 12.5. The van der Waals surface area contributed by atoms with Crippen molar-refractivity contribution in [1.29, 1.82) is 0 Å². The van der Waals surface area contributed by atoms with Crippen LogP contribution in [0.4, 0.5) is 5.69 Å². The van der Waals surface area contributed by atoms with Gasteiger partial charge < -0.3 is 9.73 Å². The Morgan fingerprint density at radius 2 is 1.81 bits per heavy atom. The molecular formula is C25H30N2O4S. The van der Waals surface area contributed by atoms with Crippen molar-refractivity contribution in [2.45, 2.75) is 50.8 Å². The second-order valence-corrected chi connectivity index (χ2v) is 10.9. The van der Waals surface area contributed by atoms with E-state index in [4.69, 9.17) is 4.42 Å². The molecule has 1 fully saturated rings. The van der Waals surface area contributed by atoms with Gasteiger partial charge in [-0.05, 0) is 66.6 Å². The lowest BCUT2D eigenvalue weighted by atomic mass is 10.00. The molecule has 6 nitrogen and oxygen atoms in total. The monoisotopic (exact) mass is 454 g/mol. The zero-order valence-corrected chi connectivity index (χ0v) is 19.6. The number of piperidine rings is 1. The number of hydrogen-bond donors (Lipinski definition) is 1. The number of benzene rings is 2. The van der Waals surface area contributed by atoms with E-state index in [9.17, 15) is 13.2 Å². The Balaban J connectivity index is 1.43. The number of amides is 1. The maximum absolute atomic E-state index is 12.9. The van der Waals surface area contributed by atoms with E-state index in [0.717, 1.165) is 29.4 Å². The van der Waals surface area contributed by atoms with Crippen molar-refractivity contribution in [3.05, 3.63) is 59.9 Å². The van der Waals surface area contributed by atoms with Crippen LogP contribution in [0.2, 0.25) is 0 Å². The number of nitrogens with one attached hydrogen (secondary N) is 1. The Bertz CT molecular complexity index is 1200. The molecule has 7 heteroatoms. The van der Waals surface area contributed by atoms with Crippen molar-refractivity contribution >= 4 is 32.6 Å². The third-order valence-electron chi connectivity index (χ3n) is 6.21. The standard InChI is InChI=1S/C25H30N2O4S/c1-17(2)19-4-9-24-23(14-19)20(16-31-24)15-25(28)26-21-5-7-22(8-6-21)32(29,30)27-12-10-18(3)11-13-27/h4-9,14,16-18H,10-13,15H2,1-3H3,(H,26,28). The van der Waals surface area contributed by atoms with E-state index in [-0.39, 0.29) is 17.2 Å². The van der Waals surface area contributed by atoms with Gasteiger partial charge >= 0.3 is 0 Å². The van der Waals surface area contributed by atoms with Crippen molar-refractivity contribution in [2.75, 3.05) is 18.4 Å². The Morgan fingerprint density at radius 3 is 2.47 bits per heavy atom. The number of rotatable bonds is 6. The summed E-state index contributed by atoms with van der Waals surface area (Å²) in [5, 5.41) is 3.81. The lowest BCUT2D eigenvalue weighted by molar-refractivity contribution is -0.115. The van der Waals surface area contributed by atoms with Crippen LogP contribution in [0, 0.1) is 5.92 Å². The zero-order chi connectivity index (χ0) is 22.9. The fourth-order valence-corrected chi connectivity index (χ4v) is 5.53. The van der Waals surface area contributed by atoms with Gasteiger partial charge in [-0.15, -0.1) is 0 Å². The van der Waals surface area contributed by atoms with Gasteiger partial charge in [-0.25, -0.2) is 8.42 Å².